The monoisotopic (exact) mass is 245 g/mol. The van der Waals surface area contributed by atoms with Crippen molar-refractivity contribution in [1.82, 2.24) is 19.5 Å². The summed E-state index contributed by atoms with van der Waals surface area (Å²) in [5.74, 6) is 1.59. The van der Waals surface area contributed by atoms with Crippen molar-refractivity contribution in [2.75, 3.05) is 12.4 Å². The summed E-state index contributed by atoms with van der Waals surface area (Å²) in [6.07, 6.45) is 3.63. The highest BCUT2D eigenvalue weighted by Gasteiger charge is 2.13. The van der Waals surface area contributed by atoms with E-state index >= 15 is 0 Å². The molecule has 2 rings (SSSR count). The second-order valence-electron chi connectivity index (χ2n) is 4.64. The van der Waals surface area contributed by atoms with Crippen LogP contribution >= 0.6 is 0 Å². The second-order valence-corrected chi connectivity index (χ2v) is 4.64. The van der Waals surface area contributed by atoms with E-state index in [2.05, 4.69) is 38.7 Å². The minimum atomic E-state index is 0.339. The Hall–Kier alpha value is -1.91. The predicted octanol–water partition coefficient (Wildman–Crippen LogP) is 2.58. The second kappa shape index (κ2) is 4.76. The van der Waals surface area contributed by atoms with Crippen molar-refractivity contribution >= 4 is 5.82 Å². The number of imidazole rings is 1. The minimum absolute atomic E-state index is 0.339. The summed E-state index contributed by atoms with van der Waals surface area (Å²) in [5.41, 5.74) is 3.02. The highest BCUT2D eigenvalue weighted by atomic mass is 15.1. The van der Waals surface area contributed by atoms with Crippen molar-refractivity contribution in [3.05, 3.63) is 23.8 Å². The van der Waals surface area contributed by atoms with Gasteiger partial charge < -0.3 is 9.88 Å². The van der Waals surface area contributed by atoms with E-state index in [1.165, 1.54) is 0 Å². The fourth-order valence-corrected chi connectivity index (χ4v) is 1.88. The Labute approximate surface area is 107 Å². The largest absolute Gasteiger partial charge is 0.373 e. The molecular weight excluding hydrogens is 226 g/mol. The number of rotatable bonds is 3. The molecule has 96 valence electrons. The van der Waals surface area contributed by atoms with Crippen LogP contribution in [-0.4, -0.2) is 26.6 Å². The van der Waals surface area contributed by atoms with Crippen molar-refractivity contribution in [3.8, 4) is 11.5 Å². The molecule has 5 nitrogen and oxygen atoms in total. The van der Waals surface area contributed by atoms with Crippen LogP contribution in [0.3, 0.4) is 0 Å². The summed E-state index contributed by atoms with van der Waals surface area (Å²) in [7, 11) is 1.87. The molecule has 18 heavy (non-hydrogen) atoms. The van der Waals surface area contributed by atoms with E-state index in [0.717, 1.165) is 22.8 Å². The molecule has 0 aliphatic rings. The van der Waals surface area contributed by atoms with Crippen LogP contribution in [0.1, 0.15) is 31.1 Å². The Morgan fingerprint density at radius 3 is 2.56 bits per heavy atom. The predicted molar refractivity (Wildman–Crippen MR) is 72.7 cm³/mol. The smallest absolute Gasteiger partial charge is 0.180 e. The molecular formula is C13H19N5. The summed E-state index contributed by atoms with van der Waals surface area (Å²) in [6.45, 7) is 8.25. The zero-order valence-electron chi connectivity index (χ0n) is 11.5. The number of hydrogen-bond acceptors (Lipinski definition) is 4. The maximum Gasteiger partial charge on any atom is 0.180 e. The zero-order valence-corrected chi connectivity index (χ0v) is 11.5. The first-order valence-corrected chi connectivity index (χ1v) is 6.09. The van der Waals surface area contributed by atoms with Gasteiger partial charge in [0.15, 0.2) is 5.82 Å². The van der Waals surface area contributed by atoms with Gasteiger partial charge in [0.2, 0.25) is 0 Å². The highest BCUT2D eigenvalue weighted by molar-refractivity contribution is 5.56. The summed E-state index contributed by atoms with van der Waals surface area (Å²) >= 11 is 0. The number of nitrogens with one attached hydrogen (secondary N) is 1. The molecule has 5 heteroatoms. The normalized spacial score (nSPS) is 11.0. The molecule has 0 saturated carbocycles. The van der Waals surface area contributed by atoms with Gasteiger partial charge in [0.25, 0.3) is 0 Å². The first-order chi connectivity index (χ1) is 8.54. The average molecular weight is 245 g/mol. The van der Waals surface area contributed by atoms with Crippen LogP contribution in [0, 0.1) is 13.8 Å². The molecule has 0 aromatic carbocycles. The maximum absolute atomic E-state index is 4.55. The van der Waals surface area contributed by atoms with Crippen molar-refractivity contribution in [2.24, 2.45) is 0 Å². The third-order valence-electron chi connectivity index (χ3n) is 3.08. The van der Waals surface area contributed by atoms with Gasteiger partial charge in [-0.25, -0.2) is 15.0 Å². The number of nitrogens with zero attached hydrogens (tertiary/aromatic N) is 4. The van der Waals surface area contributed by atoms with Gasteiger partial charge in [-0.1, -0.05) is 0 Å². The number of anilines is 1. The SMILES string of the molecule is CNc1nc(-c2cncn2C(C)C)nc(C)c1C. The van der Waals surface area contributed by atoms with Crippen LogP contribution in [0.15, 0.2) is 12.5 Å². The van der Waals surface area contributed by atoms with Crippen molar-refractivity contribution in [3.63, 3.8) is 0 Å². The Balaban J connectivity index is 2.57. The lowest BCUT2D eigenvalue weighted by Gasteiger charge is -2.13. The topological polar surface area (TPSA) is 55.6 Å². The van der Waals surface area contributed by atoms with Crippen LogP contribution in [0.5, 0.6) is 0 Å². The molecule has 0 aliphatic carbocycles. The Morgan fingerprint density at radius 1 is 1.22 bits per heavy atom. The van der Waals surface area contributed by atoms with Crippen LogP contribution in [0.2, 0.25) is 0 Å². The molecule has 0 aliphatic heterocycles. The molecule has 0 saturated heterocycles. The third kappa shape index (κ3) is 2.08. The van der Waals surface area contributed by atoms with Crippen LogP contribution < -0.4 is 5.32 Å². The first-order valence-electron chi connectivity index (χ1n) is 6.09. The molecule has 0 amide bonds. The maximum atomic E-state index is 4.55. The molecule has 2 aromatic rings. The molecule has 0 bridgehead atoms. The molecule has 2 aromatic heterocycles. The Morgan fingerprint density at radius 2 is 1.94 bits per heavy atom. The van der Waals surface area contributed by atoms with Gasteiger partial charge in [-0.15, -0.1) is 0 Å². The summed E-state index contributed by atoms with van der Waals surface area (Å²) < 4.78 is 2.07. The third-order valence-corrected chi connectivity index (χ3v) is 3.08. The first kappa shape index (κ1) is 12.5. The molecule has 0 fully saturated rings. The van der Waals surface area contributed by atoms with E-state index in [0.29, 0.717) is 11.9 Å². The zero-order chi connectivity index (χ0) is 13.3. The van der Waals surface area contributed by atoms with Gasteiger partial charge in [-0.2, -0.15) is 0 Å². The van der Waals surface area contributed by atoms with E-state index in [4.69, 9.17) is 0 Å². The average Bonchev–Trinajstić information content (AvgIpc) is 2.81. The summed E-state index contributed by atoms with van der Waals surface area (Å²) in [6, 6.07) is 0.339. The molecule has 0 unspecified atom stereocenters. The van der Waals surface area contributed by atoms with Gasteiger partial charge in [0.1, 0.15) is 11.5 Å². The standard InChI is InChI=1S/C13H19N5/c1-8(2)18-7-15-6-11(18)13-16-10(4)9(3)12(14-5)17-13/h6-8H,1-5H3,(H,14,16,17). The van der Waals surface area contributed by atoms with Gasteiger partial charge in [0, 0.05) is 24.3 Å². The van der Waals surface area contributed by atoms with E-state index in [-0.39, 0.29) is 0 Å². The highest BCUT2D eigenvalue weighted by Crippen LogP contribution is 2.23. The number of aromatic nitrogens is 4. The van der Waals surface area contributed by atoms with E-state index < -0.39 is 0 Å². The van der Waals surface area contributed by atoms with E-state index in [1.54, 1.807) is 0 Å². The van der Waals surface area contributed by atoms with E-state index in [9.17, 15) is 0 Å². The van der Waals surface area contributed by atoms with Gasteiger partial charge in [-0.05, 0) is 27.7 Å². The molecule has 0 spiro atoms. The Kier molecular flexibility index (Phi) is 3.32. The quantitative estimate of drug-likeness (QED) is 0.903. The number of aryl methyl sites for hydroxylation is 1. The molecule has 0 radical (unpaired) electrons. The lowest BCUT2D eigenvalue weighted by atomic mass is 10.2. The van der Waals surface area contributed by atoms with Gasteiger partial charge in [0.05, 0.1) is 12.5 Å². The Bertz CT molecular complexity index is 557. The summed E-state index contributed by atoms with van der Waals surface area (Å²) in [5, 5.41) is 3.11. The van der Waals surface area contributed by atoms with E-state index in [1.807, 2.05) is 33.4 Å². The lowest BCUT2D eigenvalue weighted by Crippen LogP contribution is -2.07. The van der Waals surface area contributed by atoms with Crippen molar-refractivity contribution in [1.29, 1.82) is 0 Å². The van der Waals surface area contributed by atoms with Crippen LogP contribution in [0.4, 0.5) is 5.82 Å². The van der Waals surface area contributed by atoms with Gasteiger partial charge in [-0.3, -0.25) is 0 Å². The summed E-state index contributed by atoms with van der Waals surface area (Å²) in [4.78, 5) is 13.3. The number of hydrogen-bond donors (Lipinski definition) is 1. The molecule has 2 heterocycles. The fraction of sp³-hybridized carbons (Fsp3) is 0.462. The minimum Gasteiger partial charge on any atom is -0.373 e. The van der Waals surface area contributed by atoms with Crippen molar-refractivity contribution < 1.29 is 0 Å². The fourth-order valence-electron chi connectivity index (χ4n) is 1.88. The molecule has 0 atom stereocenters. The lowest BCUT2D eigenvalue weighted by molar-refractivity contribution is 0.603. The molecule has 1 N–H and O–H groups in total. The van der Waals surface area contributed by atoms with Crippen LogP contribution in [-0.2, 0) is 0 Å². The van der Waals surface area contributed by atoms with Crippen LogP contribution in [0.25, 0.3) is 11.5 Å². The van der Waals surface area contributed by atoms with Gasteiger partial charge >= 0.3 is 0 Å². The van der Waals surface area contributed by atoms with Crippen molar-refractivity contribution in [2.45, 2.75) is 33.7 Å².